The number of rotatable bonds is 3. The van der Waals surface area contributed by atoms with E-state index in [4.69, 9.17) is 9.52 Å². The van der Waals surface area contributed by atoms with Crippen LogP contribution in [0.25, 0.3) is 11.1 Å². The maximum atomic E-state index is 11.3. The molecule has 0 radical (unpaired) electrons. The lowest BCUT2D eigenvalue weighted by atomic mass is 9.91. The molecule has 0 amide bonds. The number of carboxylic acids is 1. The summed E-state index contributed by atoms with van der Waals surface area (Å²) in [5.41, 5.74) is -0.927. The van der Waals surface area contributed by atoms with Crippen LogP contribution >= 0.6 is 0 Å². The molecule has 1 aromatic carbocycles. The molecule has 18 heavy (non-hydrogen) atoms. The van der Waals surface area contributed by atoms with Crippen LogP contribution in [0.1, 0.15) is 18.9 Å². The van der Waals surface area contributed by atoms with Gasteiger partial charge in [-0.25, -0.2) is 9.59 Å². The van der Waals surface area contributed by atoms with Gasteiger partial charge < -0.3 is 14.6 Å². The molecule has 1 heterocycles. The Kier molecular flexibility index (Phi) is 2.74. The van der Waals surface area contributed by atoms with Crippen LogP contribution in [-0.2, 0) is 17.4 Å². The summed E-state index contributed by atoms with van der Waals surface area (Å²) < 4.78 is 6.20. The number of aromatic nitrogens is 1. The van der Waals surface area contributed by atoms with E-state index in [2.05, 4.69) is 0 Å². The molecule has 0 spiro atoms. The molecule has 0 saturated heterocycles. The molecule has 6 nitrogen and oxygen atoms in total. The van der Waals surface area contributed by atoms with Crippen molar-refractivity contribution in [2.45, 2.75) is 18.9 Å². The highest BCUT2D eigenvalue weighted by Crippen LogP contribution is 2.27. The van der Waals surface area contributed by atoms with Crippen LogP contribution in [0, 0.1) is 0 Å². The zero-order valence-electron chi connectivity index (χ0n) is 10.0. The summed E-state index contributed by atoms with van der Waals surface area (Å²) in [4.78, 5) is 22.5. The van der Waals surface area contributed by atoms with E-state index in [9.17, 15) is 14.7 Å². The normalized spacial score (nSPS) is 14.6. The predicted octanol–water partition coefficient (Wildman–Crippen LogP) is 0.814. The fourth-order valence-corrected chi connectivity index (χ4v) is 1.86. The van der Waals surface area contributed by atoms with Gasteiger partial charge in [-0.15, -0.1) is 0 Å². The maximum Gasteiger partial charge on any atom is 0.419 e. The smallest absolute Gasteiger partial charge is 0.419 e. The highest BCUT2D eigenvalue weighted by atomic mass is 16.4. The Hall–Kier alpha value is -2.08. The molecule has 6 heteroatoms. The van der Waals surface area contributed by atoms with Crippen LogP contribution in [0.3, 0.4) is 0 Å². The van der Waals surface area contributed by atoms with Gasteiger partial charge in [0.1, 0.15) is 0 Å². The van der Waals surface area contributed by atoms with Crippen LogP contribution in [0.15, 0.2) is 27.4 Å². The van der Waals surface area contributed by atoms with Gasteiger partial charge in [0.05, 0.1) is 5.52 Å². The number of aliphatic hydroxyl groups is 1. The largest absolute Gasteiger partial charge is 0.479 e. The summed E-state index contributed by atoms with van der Waals surface area (Å²) in [5, 5.41) is 19.2. The van der Waals surface area contributed by atoms with Gasteiger partial charge in [-0.2, -0.15) is 0 Å². The summed E-state index contributed by atoms with van der Waals surface area (Å²) in [6.07, 6.45) is 0.0274. The standard InChI is InChI=1S/C12H13NO5/c1-3-12(17,10(14)15)7-4-5-9-8(6-7)13(2)11(16)18-9/h4-6,17H,3H2,1-2H3,(H,14,15). The van der Waals surface area contributed by atoms with Crippen molar-refractivity contribution in [3.8, 4) is 0 Å². The van der Waals surface area contributed by atoms with Crippen molar-refractivity contribution >= 4 is 17.1 Å². The molecule has 2 aromatic rings. The van der Waals surface area contributed by atoms with E-state index < -0.39 is 17.3 Å². The van der Waals surface area contributed by atoms with Gasteiger partial charge in [0.25, 0.3) is 0 Å². The van der Waals surface area contributed by atoms with E-state index in [-0.39, 0.29) is 12.0 Å². The number of fused-ring (bicyclic) bond motifs is 1. The number of aryl methyl sites for hydroxylation is 1. The Balaban J connectivity index is 2.70. The summed E-state index contributed by atoms with van der Waals surface area (Å²) in [7, 11) is 1.52. The van der Waals surface area contributed by atoms with Crippen LogP contribution in [0.4, 0.5) is 0 Å². The molecular formula is C12H13NO5. The summed E-state index contributed by atoms with van der Waals surface area (Å²) in [5.74, 6) is -1.85. The Labute approximate surface area is 102 Å². The third kappa shape index (κ3) is 1.62. The van der Waals surface area contributed by atoms with Crippen molar-refractivity contribution in [1.29, 1.82) is 0 Å². The van der Waals surface area contributed by atoms with Crippen molar-refractivity contribution in [3.63, 3.8) is 0 Å². The number of oxazole rings is 1. The number of hydrogen-bond acceptors (Lipinski definition) is 4. The Morgan fingerprint density at radius 3 is 2.72 bits per heavy atom. The molecule has 1 atom stereocenters. The topological polar surface area (TPSA) is 92.7 Å². The summed E-state index contributed by atoms with van der Waals surface area (Å²) in [6, 6.07) is 4.39. The fraction of sp³-hybridized carbons (Fsp3) is 0.333. The lowest BCUT2D eigenvalue weighted by Gasteiger charge is -2.21. The SMILES string of the molecule is CCC(O)(C(=O)O)c1ccc2oc(=O)n(C)c2c1. The zero-order chi connectivity index (χ0) is 13.5. The quantitative estimate of drug-likeness (QED) is 0.842. The average Bonchev–Trinajstić information content (AvgIpc) is 2.63. The van der Waals surface area contributed by atoms with Gasteiger partial charge in [0, 0.05) is 7.05 Å². The van der Waals surface area contributed by atoms with E-state index in [0.717, 1.165) is 0 Å². The van der Waals surface area contributed by atoms with E-state index in [1.54, 1.807) is 6.92 Å². The summed E-state index contributed by atoms with van der Waals surface area (Å²) in [6.45, 7) is 1.58. The van der Waals surface area contributed by atoms with Crippen LogP contribution in [-0.4, -0.2) is 20.7 Å². The third-order valence-electron chi connectivity index (χ3n) is 3.13. The molecule has 2 rings (SSSR count). The molecule has 0 fully saturated rings. The Morgan fingerprint density at radius 2 is 2.17 bits per heavy atom. The van der Waals surface area contributed by atoms with Gasteiger partial charge in [0.2, 0.25) is 0 Å². The zero-order valence-corrected chi connectivity index (χ0v) is 10.0. The van der Waals surface area contributed by atoms with Crippen molar-refractivity contribution in [3.05, 3.63) is 34.3 Å². The first-order valence-corrected chi connectivity index (χ1v) is 5.46. The first-order chi connectivity index (χ1) is 8.40. The van der Waals surface area contributed by atoms with Gasteiger partial charge >= 0.3 is 11.7 Å². The number of aliphatic carboxylic acids is 1. The second kappa shape index (κ2) is 3.99. The highest BCUT2D eigenvalue weighted by Gasteiger charge is 2.36. The Morgan fingerprint density at radius 1 is 1.50 bits per heavy atom. The Bertz CT molecular complexity index is 669. The second-order valence-corrected chi connectivity index (χ2v) is 4.13. The first kappa shape index (κ1) is 12.4. The van der Waals surface area contributed by atoms with Crippen molar-refractivity contribution in [2.24, 2.45) is 7.05 Å². The second-order valence-electron chi connectivity index (χ2n) is 4.13. The van der Waals surface area contributed by atoms with Crippen molar-refractivity contribution < 1.29 is 19.4 Å². The van der Waals surface area contributed by atoms with Crippen LogP contribution in [0.2, 0.25) is 0 Å². The van der Waals surface area contributed by atoms with E-state index in [1.807, 2.05) is 0 Å². The van der Waals surface area contributed by atoms with Gasteiger partial charge in [-0.1, -0.05) is 13.0 Å². The predicted molar refractivity (Wildman–Crippen MR) is 63.3 cm³/mol. The highest BCUT2D eigenvalue weighted by molar-refractivity contribution is 5.82. The molecule has 0 aliphatic rings. The van der Waals surface area contributed by atoms with Gasteiger partial charge in [-0.3, -0.25) is 4.57 Å². The minimum absolute atomic E-state index is 0.0274. The van der Waals surface area contributed by atoms with Gasteiger partial charge in [0.15, 0.2) is 11.2 Å². The number of benzene rings is 1. The molecule has 0 saturated carbocycles. The molecule has 0 aliphatic carbocycles. The van der Waals surface area contributed by atoms with E-state index in [0.29, 0.717) is 11.1 Å². The summed E-state index contributed by atoms with van der Waals surface area (Å²) >= 11 is 0. The van der Waals surface area contributed by atoms with E-state index >= 15 is 0 Å². The third-order valence-corrected chi connectivity index (χ3v) is 3.13. The van der Waals surface area contributed by atoms with E-state index in [1.165, 1.54) is 29.8 Å². The maximum absolute atomic E-state index is 11.3. The van der Waals surface area contributed by atoms with Crippen LogP contribution in [0.5, 0.6) is 0 Å². The molecule has 1 aromatic heterocycles. The lowest BCUT2D eigenvalue weighted by Crippen LogP contribution is -2.34. The minimum atomic E-state index is -1.96. The monoisotopic (exact) mass is 251 g/mol. The molecule has 1 unspecified atom stereocenters. The van der Waals surface area contributed by atoms with Crippen LogP contribution < -0.4 is 5.76 Å². The average molecular weight is 251 g/mol. The number of hydrogen-bond donors (Lipinski definition) is 2. The van der Waals surface area contributed by atoms with Crippen molar-refractivity contribution in [2.75, 3.05) is 0 Å². The molecule has 96 valence electrons. The van der Waals surface area contributed by atoms with Crippen molar-refractivity contribution in [1.82, 2.24) is 4.57 Å². The number of carboxylic acid groups (broad SMARTS) is 1. The molecule has 0 aliphatic heterocycles. The lowest BCUT2D eigenvalue weighted by molar-refractivity contribution is -0.160. The molecular weight excluding hydrogens is 238 g/mol. The number of nitrogens with zero attached hydrogens (tertiary/aromatic N) is 1. The number of carbonyl (C=O) groups is 1. The van der Waals surface area contributed by atoms with Gasteiger partial charge in [-0.05, 0) is 24.1 Å². The minimum Gasteiger partial charge on any atom is -0.479 e. The fourth-order valence-electron chi connectivity index (χ4n) is 1.86. The molecule has 0 bridgehead atoms. The first-order valence-electron chi connectivity index (χ1n) is 5.46. The molecule has 2 N–H and O–H groups in total.